The van der Waals surface area contributed by atoms with Crippen molar-refractivity contribution < 1.29 is 13.7 Å². The highest BCUT2D eigenvalue weighted by Crippen LogP contribution is 2.18. The predicted molar refractivity (Wildman–Crippen MR) is 90.3 cm³/mol. The maximum Gasteiger partial charge on any atom is 0.322 e. The zero-order valence-corrected chi connectivity index (χ0v) is 13.3. The van der Waals surface area contributed by atoms with Crippen molar-refractivity contribution in [3.05, 3.63) is 60.0 Å². The van der Waals surface area contributed by atoms with Crippen LogP contribution in [0.5, 0.6) is 0 Å². The lowest BCUT2D eigenvalue weighted by atomic mass is 10.2. The molecule has 0 fully saturated rings. The Morgan fingerprint density at radius 2 is 1.96 bits per heavy atom. The van der Waals surface area contributed by atoms with E-state index in [0.717, 1.165) is 11.8 Å². The summed E-state index contributed by atoms with van der Waals surface area (Å²) in [5, 5.41) is 7.72. The molecular formula is C18H18FN3O2. The van der Waals surface area contributed by atoms with Crippen LogP contribution in [-0.4, -0.2) is 17.7 Å². The fourth-order valence-electron chi connectivity index (χ4n) is 2.51. The summed E-state index contributed by atoms with van der Waals surface area (Å²) in [4.78, 5) is 14.1. The Morgan fingerprint density at radius 3 is 2.71 bits per heavy atom. The summed E-state index contributed by atoms with van der Waals surface area (Å²) in [7, 11) is 0. The van der Waals surface area contributed by atoms with Crippen LogP contribution < -0.4 is 10.2 Å². The van der Waals surface area contributed by atoms with Gasteiger partial charge in [-0.1, -0.05) is 24.2 Å². The van der Waals surface area contributed by atoms with Gasteiger partial charge in [0.25, 0.3) is 0 Å². The van der Waals surface area contributed by atoms with E-state index in [-0.39, 0.29) is 18.4 Å². The van der Waals surface area contributed by atoms with Crippen LogP contribution in [0, 0.1) is 5.82 Å². The van der Waals surface area contributed by atoms with Crippen molar-refractivity contribution in [1.29, 1.82) is 0 Å². The molecule has 1 heterocycles. The van der Waals surface area contributed by atoms with Crippen LogP contribution in [-0.2, 0) is 6.54 Å². The van der Waals surface area contributed by atoms with Crippen LogP contribution in [0.2, 0.25) is 0 Å². The molecule has 5 nitrogen and oxygen atoms in total. The number of para-hydroxylation sites is 1. The van der Waals surface area contributed by atoms with Crippen molar-refractivity contribution in [2.75, 3.05) is 11.4 Å². The maximum absolute atomic E-state index is 13.1. The molecule has 3 rings (SSSR count). The zero-order chi connectivity index (χ0) is 16.9. The molecule has 0 spiro atoms. The molecule has 0 aliphatic carbocycles. The molecule has 6 heteroatoms. The SMILES string of the molecule is CCCN(C(=O)NCc1noc2ccccc12)c1ccc(F)cc1. The van der Waals surface area contributed by atoms with E-state index in [1.54, 1.807) is 17.0 Å². The smallest absolute Gasteiger partial charge is 0.322 e. The first kappa shape index (κ1) is 16.0. The molecular weight excluding hydrogens is 309 g/mol. The highest BCUT2D eigenvalue weighted by Gasteiger charge is 2.16. The molecule has 0 aliphatic heterocycles. The number of rotatable bonds is 5. The number of aromatic nitrogens is 1. The molecule has 1 aromatic heterocycles. The first-order valence-corrected chi connectivity index (χ1v) is 7.83. The third-order valence-electron chi connectivity index (χ3n) is 3.69. The minimum Gasteiger partial charge on any atom is -0.356 e. The number of nitrogens with zero attached hydrogens (tertiary/aromatic N) is 2. The largest absolute Gasteiger partial charge is 0.356 e. The molecule has 0 radical (unpaired) electrons. The van der Waals surface area contributed by atoms with Crippen LogP contribution in [0.4, 0.5) is 14.9 Å². The highest BCUT2D eigenvalue weighted by molar-refractivity contribution is 5.92. The fourth-order valence-corrected chi connectivity index (χ4v) is 2.51. The summed E-state index contributed by atoms with van der Waals surface area (Å²) in [6.07, 6.45) is 0.789. The number of carbonyl (C=O) groups excluding carboxylic acids is 1. The van der Waals surface area contributed by atoms with Gasteiger partial charge in [0.05, 0.1) is 6.54 Å². The summed E-state index contributed by atoms with van der Waals surface area (Å²) in [6.45, 7) is 2.78. The van der Waals surface area contributed by atoms with E-state index in [1.165, 1.54) is 12.1 Å². The molecule has 124 valence electrons. The second-order valence-corrected chi connectivity index (χ2v) is 5.41. The molecule has 2 amide bonds. The van der Waals surface area contributed by atoms with Crippen molar-refractivity contribution >= 4 is 22.7 Å². The van der Waals surface area contributed by atoms with Crippen molar-refractivity contribution in [3.63, 3.8) is 0 Å². The second kappa shape index (κ2) is 7.12. The van der Waals surface area contributed by atoms with Crippen molar-refractivity contribution in [3.8, 4) is 0 Å². The lowest BCUT2D eigenvalue weighted by Gasteiger charge is -2.22. The molecule has 0 aliphatic rings. The maximum atomic E-state index is 13.1. The quantitative estimate of drug-likeness (QED) is 0.768. The molecule has 0 atom stereocenters. The van der Waals surface area contributed by atoms with Gasteiger partial charge in [0.15, 0.2) is 5.58 Å². The van der Waals surface area contributed by atoms with E-state index in [0.29, 0.717) is 23.5 Å². The summed E-state index contributed by atoms with van der Waals surface area (Å²) in [5.41, 5.74) is 2.01. The molecule has 24 heavy (non-hydrogen) atoms. The Labute approximate surface area is 139 Å². The van der Waals surface area contributed by atoms with Gasteiger partial charge in [0.2, 0.25) is 0 Å². The Kier molecular flexibility index (Phi) is 4.74. The Morgan fingerprint density at radius 1 is 1.21 bits per heavy atom. The van der Waals surface area contributed by atoms with Gasteiger partial charge < -0.3 is 9.84 Å². The van der Waals surface area contributed by atoms with Crippen molar-refractivity contribution in [2.45, 2.75) is 19.9 Å². The van der Waals surface area contributed by atoms with E-state index in [2.05, 4.69) is 10.5 Å². The minimum atomic E-state index is -0.329. The van der Waals surface area contributed by atoms with E-state index in [4.69, 9.17) is 4.52 Å². The second-order valence-electron chi connectivity index (χ2n) is 5.41. The summed E-state index contributed by atoms with van der Waals surface area (Å²) >= 11 is 0. The van der Waals surface area contributed by atoms with Crippen LogP contribution in [0.15, 0.2) is 53.1 Å². The number of amides is 2. The fraction of sp³-hybridized carbons (Fsp3) is 0.222. The number of hydrogen-bond acceptors (Lipinski definition) is 3. The summed E-state index contributed by atoms with van der Waals surface area (Å²) < 4.78 is 18.3. The predicted octanol–water partition coefficient (Wildman–Crippen LogP) is 4.09. The monoisotopic (exact) mass is 327 g/mol. The highest BCUT2D eigenvalue weighted by atomic mass is 19.1. The normalized spacial score (nSPS) is 10.8. The number of anilines is 1. The number of nitrogens with one attached hydrogen (secondary N) is 1. The van der Waals surface area contributed by atoms with E-state index in [1.807, 2.05) is 31.2 Å². The van der Waals surface area contributed by atoms with Gasteiger partial charge in [-0.05, 0) is 42.8 Å². The average molecular weight is 327 g/mol. The van der Waals surface area contributed by atoms with Gasteiger partial charge in [-0.2, -0.15) is 0 Å². The molecule has 0 unspecified atom stereocenters. The lowest BCUT2D eigenvalue weighted by Crippen LogP contribution is -2.40. The third-order valence-corrected chi connectivity index (χ3v) is 3.69. The zero-order valence-electron chi connectivity index (χ0n) is 13.3. The van der Waals surface area contributed by atoms with Crippen LogP contribution >= 0.6 is 0 Å². The van der Waals surface area contributed by atoms with Crippen LogP contribution in [0.3, 0.4) is 0 Å². The van der Waals surface area contributed by atoms with E-state index >= 15 is 0 Å². The number of urea groups is 1. The van der Waals surface area contributed by atoms with Gasteiger partial charge in [-0.3, -0.25) is 4.90 Å². The Hall–Kier alpha value is -2.89. The first-order chi connectivity index (χ1) is 11.7. The number of carbonyl (C=O) groups is 1. The van der Waals surface area contributed by atoms with Crippen LogP contribution in [0.1, 0.15) is 19.0 Å². The number of benzene rings is 2. The Bertz CT molecular complexity index is 830. The third kappa shape index (κ3) is 3.37. The van der Waals surface area contributed by atoms with Gasteiger partial charge >= 0.3 is 6.03 Å². The van der Waals surface area contributed by atoms with Crippen molar-refractivity contribution in [2.24, 2.45) is 0 Å². The summed E-state index contributed by atoms with van der Waals surface area (Å²) in [5.74, 6) is -0.329. The standard InChI is InChI=1S/C18H18FN3O2/c1-2-11-22(14-9-7-13(19)8-10-14)18(23)20-12-16-15-5-3-4-6-17(15)24-21-16/h3-10H,2,11-12H2,1H3,(H,20,23). The molecule has 0 bridgehead atoms. The topological polar surface area (TPSA) is 58.4 Å². The van der Waals surface area contributed by atoms with Gasteiger partial charge in [0, 0.05) is 17.6 Å². The average Bonchev–Trinajstić information content (AvgIpc) is 3.02. The van der Waals surface area contributed by atoms with Gasteiger partial charge in [0.1, 0.15) is 11.5 Å². The molecule has 0 saturated carbocycles. The van der Waals surface area contributed by atoms with Gasteiger partial charge in [-0.25, -0.2) is 9.18 Å². The minimum absolute atomic E-state index is 0.254. The van der Waals surface area contributed by atoms with Crippen molar-refractivity contribution in [1.82, 2.24) is 10.5 Å². The number of fused-ring (bicyclic) bond motifs is 1. The van der Waals surface area contributed by atoms with Gasteiger partial charge in [-0.15, -0.1) is 0 Å². The molecule has 0 saturated heterocycles. The number of hydrogen-bond donors (Lipinski definition) is 1. The molecule has 3 aromatic rings. The summed E-state index contributed by atoms with van der Waals surface area (Å²) in [6, 6.07) is 13.1. The number of halogens is 1. The van der Waals surface area contributed by atoms with E-state index in [9.17, 15) is 9.18 Å². The lowest BCUT2D eigenvalue weighted by molar-refractivity contribution is 0.245. The van der Waals surface area contributed by atoms with E-state index < -0.39 is 0 Å². The first-order valence-electron chi connectivity index (χ1n) is 7.83. The Balaban J connectivity index is 1.72. The molecule has 2 aromatic carbocycles. The molecule has 1 N–H and O–H groups in total. The van der Waals surface area contributed by atoms with Crippen LogP contribution in [0.25, 0.3) is 11.0 Å².